The van der Waals surface area contributed by atoms with Gasteiger partial charge in [-0.1, -0.05) is 19.3 Å². The molecule has 7 nitrogen and oxygen atoms in total. The molecule has 2 aliphatic rings. The van der Waals surface area contributed by atoms with Crippen molar-refractivity contribution in [2.24, 2.45) is 5.92 Å². The number of carbonyl (C=O) groups is 3. The molecule has 0 unspecified atom stereocenters. The number of rotatable bonds is 4. The Balaban J connectivity index is 1.42. The maximum absolute atomic E-state index is 12.5. The lowest BCUT2D eigenvalue weighted by Crippen LogP contribution is -2.49. The Morgan fingerprint density at radius 1 is 0.857 bits per heavy atom. The summed E-state index contributed by atoms with van der Waals surface area (Å²) in [5.41, 5.74) is 1.38. The van der Waals surface area contributed by atoms with E-state index in [1.807, 2.05) is 0 Å². The van der Waals surface area contributed by atoms with E-state index in [9.17, 15) is 14.4 Å². The minimum Gasteiger partial charge on any atom is -0.353 e. The minimum absolute atomic E-state index is 0.129. The first-order valence-electron chi connectivity index (χ1n) is 10.3. The summed E-state index contributed by atoms with van der Waals surface area (Å²) in [6, 6.07) is 7.06. The van der Waals surface area contributed by atoms with Crippen LogP contribution in [-0.2, 0) is 9.59 Å². The molecule has 3 rings (SSSR count). The number of piperidine rings is 1. The zero-order valence-corrected chi connectivity index (χ0v) is 16.5. The van der Waals surface area contributed by atoms with Crippen molar-refractivity contribution in [2.75, 3.05) is 23.7 Å². The van der Waals surface area contributed by atoms with Crippen molar-refractivity contribution in [3.8, 4) is 0 Å². The second kappa shape index (κ2) is 9.57. The zero-order valence-electron chi connectivity index (χ0n) is 16.5. The predicted molar refractivity (Wildman–Crippen MR) is 109 cm³/mol. The number of urea groups is 1. The smallest absolute Gasteiger partial charge is 0.321 e. The Hall–Kier alpha value is -2.57. The van der Waals surface area contributed by atoms with Crippen LogP contribution in [0.2, 0.25) is 0 Å². The molecule has 7 heteroatoms. The highest BCUT2D eigenvalue weighted by Gasteiger charge is 2.27. The van der Waals surface area contributed by atoms with Gasteiger partial charge in [0.05, 0.1) is 0 Å². The molecule has 0 spiro atoms. The summed E-state index contributed by atoms with van der Waals surface area (Å²) < 4.78 is 0. The monoisotopic (exact) mass is 386 g/mol. The number of nitrogens with one attached hydrogen (secondary N) is 3. The third-order valence-corrected chi connectivity index (χ3v) is 5.56. The molecule has 1 aliphatic carbocycles. The van der Waals surface area contributed by atoms with Crippen LogP contribution in [0, 0.1) is 5.92 Å². The molecule has 0 radical (unpaired) electrons. The van der Waals surface area contributed by atoms with Crippen LogP contribution in [0.25, 0.3) is 0 Å². The summed E-state index contributed by atoms with van der Waals surface area (Å²) in [6.45, 7) is 2.72. The van der Waals surface area contributed by atoms with Gasteiger partial charge in [-0.05, 0) is 49.9 Å². The van der Waals surface area contributed by atoms with E-state index in [0.29, 0.717) is 24.5 Å². The van der Waals surface area contributed by atoms with Crippen LogP contribution in [0.1, 0.15) is 51.9 Å². The maximum Gasteiger partial charge on any atom is 0.321 e. The normalized spacial score (nSPS) is 18.4. The van der Waals surface area contributed by atoms with Crippen molar-refractivity contribution in [3.63, 3.8) is 0 Å². The predicted octanol–water partition coefficient (Wildman–Crippen LogP) is 3.34. The molecule has 1 saturated carbocycles. The Morgan fingerprint density at radius 2 is 1.43 bits per heavy atom. The molecule has 28 heavy (non-hydrogen) atoms. The Bertz CT molecular complexity index is 690. The largest absolute Gasteiger partial charge is 0.353 e. The zero-order chi connectivity index (χ0) is 19.9. The van der Waals surface area contributed by atoms with Gasteiger partial charge in [0.15, 0.2) is 0 Å². The third kappa shape index (κ3) is 5.71. The highest BCUT2D eigenvalue weighted by atomic mass is 16.2. The van der Waals surface area contributed by atoms with Gasteiger partial charge in [-0.25, -0.2) is 4.79 Å². The molecule has 152 valence electrons. The summed E-state index contributed by atoms with van der Waals surface area (Å²) >= 11 is 0. The van der Waals surface area contributed by atoms with Crippen LogP contribution in [0.4, 0.5) is 16.2 Å². The molecule has 1 aliphatic heterocycles. The van der Waals surface area contributed by atoms with Crippen LogP contribution in [-0.4, -0.2) is 41.9 Å². The topological polar surface area (TPSA) is 90.5 Å². The van der Waals surface area contributed by atoms with Crippen molar-refractivity contribution in [3.05, 3.63) is 24.3 Å². The van der Waals surface area contributed by atoms with E-state index < -0.39 is 0 Å². The molecule has 4 amide bonds. The fraction of sp³-hybridized carbons (Fsp3) is 0.571. The Morgan fingerprint density at radius 3 is 2.00 bits per heavy atom. The Labute approximate surface area is 166 Å². The number of carbonyl (C=O) groups excluding carboxylic acids is 3. The summed E-state index contributed by atoms with van der Waals surface area (Å²) in [4.78, 5) is 37.7. The number of anilines is 2. The summed E-state index contributed by atoms with van der Waals surface area (Å²) in [5, 5.41) is 8.77. The molecule has 0 atom stereocenters. The lowest BCUT2D eigenvalue weighted by atomic mass is 9.88. The second-order valence-corrected chi connectivity index (χ2v) is 7.79. The van der Waals surface area contributed by atoms with Gasteiger partial charge in [-0.15, -0.1) is 0 Å². The maximum atomic E-state index is 12.5. The molecule has 1 aromatic rings. The summed E-state index contributed by atoms with van der Waals surface area (Å²) in [5.74, 6) is 0.243. The number of amides is 4. The van der Waals surface area contributed by atoms with Gasteiger partial charge in [-0.2, -0.15) is 0 Å². The average molecular weight is 386 g/mol. The molecule has 0 aromatic heterocycles. The first-order valence-corrected chi connectivity index (χ1v) is 10.3. The number of hydrogen-bond acceptors (Lipinski definition) is 3. The number of benzene rings is 1. The number of nitrogens with zero attached hydrogens (tertiary/aromatic N) is 1. The SMILES string of the molecule is CC(=O)Nc1ccc(NC(=O)N2CCC(NC(=O)C3CCCCC3)CC2)cc1. The number of hydrogen-bond donors (Lipinski definition) is 3. The van der Waals surface area contributed by atoms with E-state index in [4.69, 9.17) is 0 Å². The van der Waals surface area contributed by atoms with Crippen molar-refractivity contribution in [1.82, 2.24) is 10.2 Å². The molecule has 1 saturated heterocycles. The van der Waals surface area contributed by atoms with Gasteiger partial charge in [0.2, 0.25) is 11.8 Å². The average Bonchev–Trinajstić information content (AvgIpc) is 2.70. The first-order chi connectivity index (χ1) is 13.5. The van der Waals surface area contributed by atoms with Crippen molar-refractivity contribution in [1.29, 1.82) is 0 Å². The molecular formula is C21H30N4O3. The van der Waals surface area contributed by atoms with Crippen molar-refractivity contribution in [2.45, 2.75) is 57.9 Å². The highest BCUT2D eigenvalue weighted by molar-refractivity contribution is 5.91. The van der Waals surface area contributed by atoms with E-state index >= 15 is 0 Å². The standard InChI is InChI=1S/C21H30N4O3/c1-15(26)22-17-7-9-18(10-8-17)24-21(28)25-13-11-19(12-14-25)23-20(27)16-5-3-2-4-6-16/h7-10,16,19H,2-6,11-14H2,1H3,(H,22,26)(H,23,27)(H,24,28). The third-order valence-electron chi connectivity index (χ3n) is 5.56. The fourth-order valence-electron chi connectivity index (χ4n) is 3.95. The van der Waals surface area contributed by atoms with Crippen LogP contribution >= 0.6 is 0 Å². The van der Waals surface area contributed by atoms with E-state index in [0.717, 1.165) is 38.5 Å². The van der Waals surface area contributed by atoms with Gasteiger partial charge >= 0.3 is 6.03 Å². The number of likely N-dealkylation sites (tertiary alicyclic amines) is 1. The van der Waals surface area contributed by atoms with Crippen LogP contribution < -0.4 is 16.0 Å². The fourth-order valence-corrected chi connectivity index (χ4v) is 3.95. The molecular weight excluding hydrogens is 356 g/mol. The lowest BCUT2D eigenvalue weighted by molar-refractivity contribution is -0.127. The first kappa shape index (κ1) is 20.2. The van der Waals surface area contributed by atoms with Gasteiger partial charge in [0.1, 0.15) is 0 Å². The second-order valence-electron chi connectivity index (χ2n) is 7.79. The molecule has 1 heterocycles. The molecule has 1 aromatic carbocycles. The lowest BCUT2D eigenvalue weighted by Gasteiger charge is -2.33. The van der Waals surface area contributed by atoms with Crippen LogP contribution in [0.5, 0.6) is 0 Å². The van der Waals surface area contributed by atoms with Crippen molar-refractivity contribution >= 4 is 29.2 Å². The van der Waals surface area contributed by atoms with Crippen LogP contribution in [0.15, 0.2) is 24.3 Å². The van der Waals surface area contributed by atoms with E-state index in [1.54, 1.807) is 29.2 Å². The molecule has 3 N–H and O–H groups in total. The minimum atomic E-state index is -0.135. The highest BCUT2D eigenvalue weighted by Crippen LogP contribution is 2.24. The van der Waals surface area contributed by atoms with Crippen molar-refractivity contribution < 1.29 is 14.4 Å². The van der Waals surface area contributed by atoms with Gasteiger partial charge < -0.3 is 20.9 Å². The quantitative estimate of drug-likeness (QED) is 0.741. The van der Waals surface area contributed by atoms with Crippen LogP contribution in [0.3, 0.4) is 0 Å². The summed E-state index contributed by atoms with van der Waals surface area (Å²) in [7, 11) is 0. The molecule has 0 bridgehead atoms. The van der Waals surface area contributed by atoms with E-state index in [1.165, 1.54) is 13.3 Å². The van der Waals surface area contributed by atoms with E-state index in [2.05, 4.69) is 16.0 Å². The van der Waals surface area contributed by atoms with E-state index in [-0.39, 0.29) is 29.8 Å². The summed E-state index contributed by atoms with van der Waals surface area (Å²) in [6.07, 6.45) is 7.14. The van der Waals surface area contributed by atoms with Gasteiger partial charge in [-0.3, -0.25) is 9.59 Å². The molecule has 2 fully saturated rings. The van der Waals surface area contributed by atoms with Gasteiger partial charge in [0.25, 0.3) is 0 Å². The Kier molecular flexibility index (Phi) is 6.90. The van der Waals surface area contributed by atoms with Gasteiger partial charge in [0, 0.05) is 43.3 Å².